The van der Waals surface area contributed by atoms with E-state index >= 15 is 0 Å². The van der Waals surface area contributed by atoms with Gasteiger partial charge < -0.3 is 0 Å². The van der Waals surface area contributed by atoms with Crippen LogP contribution < -0.4 is 0 Å². The number of Topliss-reactive ketones (excluding diaryl/α,β-unsaturated/α-hetero) is 1. The molecule has 0 amide bonds. The van der Waals surface area contributed by atoms with Gasteiger partial charge in [0.1, 0.15) is 0 Å². The molecule has 0 aliphatic heterocycles. The Labute approximate surface area is 176 Å². The van der Waals surface area contributed by atoms with Crippen LogP contribution in [0.3, 0.4) is 0 Å². The third-order valence-electron chi connectivity index (χ3n) is 5.54. The topological polar surface area (TPSA) is 30.0 Å². The number of carbonyl (C=O) groups is 1. The van der Waals surface area contributed by atoms with Crippen molar-refractivity contribution in [3.63, 3.8) is 0 Å². The Bertz CT molecular complexity index is 1280. The van der Waals surface area contributed by atoms with Gasteiger partial charge in [-0.15, -0.1) is 0 Å². The lowest BCUT2D eigenvalue weighted by Crippen LogP contribution is -2.17. The number of para-hydroxylation sites is 1. The van der Waals surface area contributed by atoms with Crippen LogP contribution in [-0.2, 0) is 6.42 Å². The first-order chi connectivity index (χ1) is 14.8. The monoisotopic (exact) mass is 387 g/mol. The molecule has 5 rings (SSSR count). The smallest absolute Gasteiger partial charge is 0.191 e. The number of aryl methyl sites for hydroxylation is 1. The fourth-order valence-corrected chi connectivity index (χ4v) is 4.06. The number of carbonyl (C=O) groups excluding carboxylic acids is 1. The second-order valence-electron chi connectivity index (χ2n) is 7.52. The van der Waals surface area contributed by atoms with Gasteiger partial charge in [0.25, 0.3) is 0 Å². The molecule has 0 fully saturated rings. The van der Waals surface area contributed by atoms with Gasteiger partial charge in [0, 0.05) is 11.0 Å². The molecule has 1 aromatic heterocycles. The van der Waals surface area contributed by atoms with Gasteiger partial charge in [-0.25, -0.2) is 0 Å². The van der Waals surface area contributed by atoms with E-state index in [2.05, 4.69) is 30.4 Å². The van der Waals surface area contributed by atoms with E-state index < -0.39 is 0 Å². The number of pyridine rings is 1. The van der Waals surface area contributed by atoms with Crippen molar-refractivity contribution in [2.75, 3.05) is 0 Å². The maximum Gasteiger partial charge on any atom is 0.191 e. The number of rotatable bonds is 3. The number of nitrogens with zero attached hydrogens (tertiary/aromatic N) is 1. The van der Waals surface area contributed by atoms with Crippen molar-refractivity contribution >= 4 is 34.9 Å². The average Bonchev–Trinajstić information content (AvgIpc) is 2.80. The minimum atomic E-state index is 0.0890. The lowest BCUT2D eigenvalue weighted by molar-refractivity contribution is 0.102. The Morgan fingerprint density at radius 3 is 2.13 bits per heavy atom. The standard InChI is InChI=1S/C28H21NO/c30-28-22(19-21-11-5-2-6-12-21)16-18-26-27(28)24(17-15-20-9-3-1-4-10-20)23-13-7-8-14-25(23)29-26/h1-15,17,19H,16,18H2/b17-15+,22-19+. The minimum Gasteiger partial charge on any atom is -0.289 e. The lowest BCUT2D eigenvalue weighted by atomic mass is 9.84. The van der Waals surface area contributed by atoms with Crippen LogP contribution >= 0.6 is 0 Å². The molecule has 0 N–H and O–H groups in total. The van der Waals surface area contributed by atoms with Crippen LogP contribution in [0, 0.1) is 0 Å². The van der Waals surface area contributed by atoms with Crippen LogP contribution in [0.2, 0.25) is 0 Å². The van der Waals surface area contributed by atoms with E-state index in [-0.39, 0.29) is 5.78 Å². The van der Waals surface area contributed by atoms with Gasteiger partial charge in [0.15, 0.2) is 5.78 Å². The predicted octanol–water partition coefficient (Wildman–Crippen LogP) is 6.62. The third kappa shape index (κ3) is 3.48. The molecule has 0 bridgehead atoms. The Morgan fingerprint density at radius 2 is 1.37 bits per heavy atom. The van der Waals surface area contributed by atoms with E-state index in [0.717, 1.165) is 50.8 Å². The molecule has 30 heavy (non-hydrogen) atoms. The van der Waals surface area contributed by atoms with Crippen LogP contribution in [0.4, 0.5) is 0 Å². The van der Waals surface area contributed by atoms with Gasteiger partial charge in [-0.05, 0) is 41.7 Å². The summed E-state index contributed by atoms with van der Waals surface area (Å²) in [5.41, 5.74) is 6.55. The van der Waals surface area contributed by atoms with Gasteiger partial charge in [-0.3, -0.25) is 9.78 Å². The largest absolute Gasteiger partial charge is 0.289 e. The molecule has 144 valence electrons. The Hall–Kier alpha value is -3.78. The molecule has 2 heteroatoms. The van der Waals surface area contributed by atoms with Gasteiger partial charge >= 0.3 is 0 Å². The van der Waals surface area contributed by atoms with Crippen LogP contribution in [0.5, 0.6) is 0 Å². The summed E-state index contributed by atoms with van der Waals surface area (Å²) < 4.78 is 0. The summed E-state index contributed by atoms with van der Waals surface area (Å²) in [7, 11) is 0. The Kier molecular flexibility index (Phi) is 4.82. The Morgan fingerprint density at radius 1 is 0.700 bits per heavy atom. The molecule has 2 nitrogen and oxygen atoms in total. The molecule has 1 aliphatic carbocycles. The third-order valence-corrected chi connectivity index (χ3v) is 5.54. The zero-order valence-corrected chi connectivity index (χ0v) is 16.6. The van der Waals surface area contributed by atoms with Crippen LogP contribution in [0.25, 0.3) is 29.1 Å². The van der Waals surface area contributed by atoms with Crippen molar-refractivity contribution in [2.24, 2.45) is 0 Å². The number of allylic oxidation sites excluding steroid dienone is 1. The highest BCUT2D eigenvalue weighted by atomic mass is 16.1. The van der Waals surface area contributed by atoms with Gasteiger partial charge in [-0.1, -0.05) is 91.0 Å². The summed E-state index contributed by atoms with van der Waals surface area (Å²) in [6, 6.07) is 28.3. The summed E-state index contributed by atoms with van der Waals surface area (Å²) in [5.74, 6) is 0.0890. The molecule has 1 heterocycles. The number of benzene rings is 3. The van der Waals surface area contributed by atoms with Crippen molar-refractivity contribution in [1.82, 2.24) is 4.98 Å². The maximum absolute atomic E-state index is 13.6. The van der Waals surface area contributed by atoms with Crippen molar-refractivity contribution in [3.8, 4) is 0 Å². The van der Waals surface area contributed by atoms with Gasteiger partial charge in [-0.2, -0.15) is 0 Å². The normalized spacial score (nSPS) is 15.1. The summed E-state index contributed by atoms with van der Waals surface area (Å²) in [6.45, 7) is 0. The van der Waals surface area contributed by atoms with Gasteiger partial charge in [0.2, 0.25) is 0 Å². The minimum absolute atomic E-state index is 0.0890. The average molecular weight is 387 g/mol. The Balaban J connectivity index is 1.67. The molecule has 4 aromatic rings. The molecule has 0 atom stereocenters. The molecule has 0 radical (unpaired) electrons. The quantitative estimate of drug-likeness (QED) is 0.370. The maximum atomic E-state index is 13.6. The van der Waals surface area contributed by atoms with E-state index in [0.29, 0.717) is 6.42 Å². The second-order valence-corrected chi connectivity index (χ2v) is 7.52. The first-order valence-corrected chi connectivity index (χ1v) is 10.2. The van der Waals surface area contributed by atoms with Crippen molar-refractivity contribution in [3.05, 3.63) is 118 Å². The molecule has 0 saturated heterocycles. The summed E-state index contributed by atoms with van der Waals surface area (Å²) in [6.07, 6.45) is 7.65. The molecular weight excluding hydrogens is 366 g/mol. The molecular formula is C28H21NO. The van der Waals surface area contributed by atoms with Crippen LogP contribution in [0.15, 0.2) is 90.5 Å². The van der Waals surface area contributed by atoms with Crippen molar-refractivity contribution < 1.29 is 4.79 Å². The molecule has 3 aromatic carbocycles. The lowest BCUT2D eigenvalue weighted by Gasteiger charge is -2.20. The van der Waals surface area contributed by atoms with E-state index in [4.69, 9.17) is 4.98 Å². The number of aromatic nitrogens is 1. The SMILES string of the molecule is O=C1/C(=C/c2ccccc2)CCc2nc3ccccc3c(/C=C/c3ccccc3)c21. The summed E-state index contributed by atoms with van der Waals surface area (Å²) in [5, 5.41) is 1.01. The fraction of sp³-hybridized carbons (Fsp3) is 0.0714. The van der Waals surface area contributed by atoms with Crippen molar-refractivity contribution in [2.45, 2.75) is 12.8 Å². The highest BCUT2D eigenvalue weighted by molar-refractivity contribution is 6.17. The number of hydrogen-bond acceptors (Lipinski definition) is 2. The first kappa shape index (κ1) is 18.3. The molecule has 0 spiro atoms. The fourth-order valence-electron chi connectivity index (χ4n) is 4.06. The highest BCUT2D eigenvalue weighted by Crippen LogP contribution is 2.33. The first-order valence-electron chi connectivity index (χ1n) is 10.2. The van der Waals surface area contributed by atoms with Crippen molar-refractivity contribution in [1.29, 1.82) is 0 Å². The zero-order chi connectivity index (χ0) is 20.3. The van der Waals surface area contributed by atoms with E-state index in [9.17, 15) is 4.79 Å². The van der Waals surface area contributed by atoms with E-state index in [1.54, 1.807) is 0 Å². The zero-order valence-electron chi connectivity index (χ0n) is 16.6. The van der Waals surface area contributed by atoms with Gasteiger partial charge in [0.05, 0.1) is 16.8 Å². The number of ketones is 1. The van der Waals surface area contributed by atoms with Crippen LogP contribution in [-0.4, -0.2) is 10.8 Å². The molecule has 0 unspecified atom stereocenters. The summed E-state index contributed by atoms with van der Waals surface area (Å²) >= 11 is 0. The predicted molar refractivity (Wildman–Crippen MR) is 124 cm³/mol. The molecule has 0 saturated carbocycles. The second kappa shape index (κ2) is 7.92. The van der Waals surface area contributed by atoms with E-state index in [1.807, 2.05) is 72.8 Å². The number of hydrogen-bond donors (Lipinski definition) is 0. The van der Waals surface area contributed by atoms with E-state index in [1.165, 1.54) is 0 Å². The van der Waals surface area contributed by atoms with Crippen LogP contribution in [0.1, 0.15) is 39.2 Å². The summed E-state index contributed by atoms with van der Waals surface area (Å²) in [4.78, 5) is 18.4. The molecule has 1 aliphatic rings. The highest BCUT2D eigenvalue weighted by Gasteiger charge is 2.27. The number of fused-ring (bicyclic) bond motifs is 2.